The molecule has 0 atom stereocenters. The van der Waals surface area contributed by atoms with Crippen molar-refractivity contribution in [3.05, 3.63) is 0 Å². The molecule has 4 heteroatoms. The van der Waals surface area contributed by atoms with Crippen LogP contribution < -0.4 is 0 Å². The normalized spacial score (nSPS) is 6.27. The topological polar surface area (TPSA) is 62.4 Å². The first-order valence-corrected chi connectivity index (χ1v) is 3.37. The highest BCUT2D eigenvalue weighted by Crippen LogP contribution is 1.73. The van der Waals surface area contributed by atoms with Crippen LogP contribution in [0.15, 0.2) is 4.99 Å². The average Bonchev–Trinajstić information content (AvgIpc) is 2.04. The molecule has 0 aromatic carbocycles. The summed E-state index contributed by atoms with van der Waals surface area (Å²) in [5.74, 6) is 0. The predicted octanol–water partition coefficient (Wildman–Crippen LogP) is 1.24. The lowest BCUT2D eigenvalue weighted by atomic mass is 10.5. The van der Waals surface area contributed by atoms with Crippen LogP contribution in [-0.2, 0) is 9.53 Å². The van der Waals surface area contributed by atoms with Crippen LogP contribution in [0.4, 0.5) is 0 Å². The summed E-state index contributed by atoms with van der Waals surface area (Å²) in [5.41, 5.74) is 0. The summed E-state index contributed by atoms with van der Waals surface area (Å²) in [6, 6.07) is 0. The fraction of sp³-hybridized carbons (Fsp3) is 0.714. The summed E-state index contributed by atoms with van der Waals surface area (Å²) in [5, 5.41) is 7.73. The lowest BCUT2D eigenvalue weighted by molar-refractivity contribution is 0.270. The molecule has 0 aliphatic heterocycles. The monoisotopic (exact) mass is 156 g/mol. The van der Waals surface area contributed by atoms with Crippen LogP contribution in [-0.4, -0.2) is 19.2 Å². The Labute approximate surface area is 66.5 Å². The van der Waals surface area contributed by atoms with Gasteiger partial charge in [0.25, 0.3) is 6.26 Å². The third-order valence-electron chi connectivity index (χ3n) is 0.593. The number of ether oxygens (including phenoxy) is 1. The molecule has 0 aliphatic rings. The van der Waals surface area contributed by atoms with Gasteiger partial charge in [0.15, 0.2) is 0 Å². The Bertz CT molecular complexity index is 145. The van der Waals surface area contributed by atoms with Crippen LogP contribution in [0.5, 0.6) is 0 Å². The van der Waals surface area contributed by atoms with Crippen molar-refractivity contribution in [2.45, 2.75) is 20.3 Å². The van der Waals surface area contributed by atoms with E-state index in [2.05, 4.69) is 9.73 Å². The van der Waals surface area contributed by atoms with Crippen molar-refractivity contribution in [2.75, 3.05) is 13.2 Å². The summed E-state index contributed by atoms with van der Waals surface area (Å²) in [6.45, 7) is 4.84. The Morgan fingerprint density at radius 2 is 2.18 bits per heavy atom. The van der Waals surface area contributed by atoms with E-state index in [1.165, 1.54) is 6.08 Å². The van der Waals surface area contributed by atoms with Crippen molar-refractivity contribution in [3.63, 3.8) is 0 Å². The van der Waals surface area contributed by atoms with Crippen LogP contribution in [0.2, 0.25) is 0 Å². The van der Waals surface area contributed by atoms with E-state index in [1.807, 2.05) is 6.92 Å². The Morgan fingerprint density at radius 3 is 2.27 bits per heavy atom. The van der Waals surface area contributed by atoms with Crippen LogP contribution in [0.25, 0.3) is 0 Å². The van der Waals surface area contributed by atoms with E-state index in [-0.39, 0.29) is 0 Å². The molecule has 4 nitrogen and oxygen atoms in total. The molecule has 11 heavy (non-hydrogen) atoms. The number of nitrogens with zero attached hydrogens (tertiary/aromatic N) is 2. The van der Waals surface area contributed by atoms with Gasteiger partial charge < -0.3 is 4.74 Å². The maximum atomic E-state index is 9.11. The van der Waals surface area contributed by atoms with E-state index in [0.717, 1.165) is 6.42 Å². The van der Waals surface area contributed by atoms with Crippen molar-refractivity contribution < 1.29 is 9.53 Å². The molecule has 0 spiro atoms. The number of carbonyl (C=O) groups excluding carboxylic acids is 1. The van der Waals surface area contributed by atoms with Crippen molar-refractivity contribution >= 4 is 6.08 Å². The molecule has 0 saturated heterocycles. The zero-order valence-corrected chi connectivity index (χ0v) is 6.83. The van der Waals surface area contributed by atoms with Gasteiger partial charge in [-0.15, -0.1) is 0 Å². The summed E-state index contributed by atoms with van der Waals surface area (Å²) >= 11 is 0. The molecule has 0 bridgehead atoms. The van der Waals surface area contributed by atoms with E-state index in [9.17, 15) is 0 Å². The zero-order valence-electron chi connectivity index (χ0n) is 6.83. The Balaban J connectivity index is 0. The smallest absolute Gasteiger partial charge is 0.286 e. The highest BCUT2D eigenvalue weighted by molar-refractivity contribution is 5.32. The Hall–Kier alpha value is -1.33. The highest BCUT2D eigenvalue weighted by atomic mass is 16.5. The van der Waals surface area contributed by atoms with Crippen LogP contribution in [0, 0.1) is 11.5 Å². The molecule has 0 aromatic rings. The lowest BCUT2D eigenvalue weighted by Crippen LogP contribution is -1.80. The van der Waals surface area contributed by atoms with Gasteiger partial charge in [-0.2, -0.15) is 5.26 Å². The molecular formula is C7H12N2O2. The Kier molecular flexibility index (Phi) is 17.8. The molecular weight excluding hydrogens is 144 g/mol. The summed E-state index contributed by atoms with van der Waals surface area (Å²) < 4.78 is 4.29. The first-order chi connectivity index (χ1) is 5.33. The second-order valence-electron chi connectivity index (χ2n) is 1.51. The molecule has 0 aliphatic carbocycles. The van der Waals surface area contributed by atoms with Crippen molar-refractivity contribution in [1.29, 1.82) is 5.26 Å². The van der Waals surface area contributed by atoms with Gasteiger partial charge in [0.1, 0.15) is 6.61 Å². The minimum absolute atomic E-state index is 0.545. The number of hydrogen-bond donors (Lipinski definition) is 0. The van der Waals surface area contributed by atoms with Gasteiger partial charge in [0, 0.05) is 6.54 Å². The molecule has 0 saturated carbocycles. The molecule has 0 aromatic heterocycles. The maximum Gasteiger partial charge on any atom is 0.286 e. The minimum atomic E-state index is 0.545. The van der Waals surface area contributed by atoms with E-state index in [1.54, 1.807) is 13.2 Å². The fourth-order valence-electron chi connectivity index (χ4n) is 0.212. The van der Waals surface area contributed by atoms with E-state index >= 15 is 0 Å². The van der Waals surface area contributed by atoms with Crippen molar-refractivity contribution in [3.8, 4) is 6.26 Å². The van der Waals surface area contributed by atoms with Gasteiger partial charge in [-0.25, -0.2) is 9.79 Å². The molecule has 62 valence electrons. The van der Waals surface area contributed by atoms with Gasteiger partial charge in [-0.3, -0.25) is 0 Å². The lowest BCUT2D eigenvalue weighted by Gasteiger charge is -1.83. The maximum absolute atomic E-state index is 9.11. The Morgan fingerprint density at radius 1 is 1.55 bits per heavy atom. The minimum Gasteiger partial charge on any atom is -0.428 e. The quantitative estimate of drug-likeness (QED) is 0.267. The van der Waals surface area contributed by atoms with Crippen LogP contribution in [0.1, 0.15) is 20.3 Å². The number of aliphatic imine (C=N–C) groups is 1. The number of hydrogen-bond acceptors (Lipinski definition) is 4. The molecule has 0 radical (unpaired) electrons. The summed E-state index contributed by atoms with van der Waals surface area (Å²) in [4.78, 5) is 12.3. The number of isocyanates is 1. The third-order valence-corrected chi connectivity index (χ3v) is 0.593. The summed E-state index contributed by atoms with van der Waals surface area (Å²) in [7, 11) is 0. The van der Waals surface area contributed by atoms with Gasteiger partial charge in [-0.05, 0) is 13.3 Å². The highest BCUT2D eigenvalue weighted by Gasteiger charge is 1.71. The zero-order chi connectivity index (χ0) is 8.95. The average molecular weight is 156 g/mol. The van der Waals surface area contributed by atoms with Crippen LogP contribution >= 0.6 is 0 Å². The second-order valence-corrected chi connectivity index (χ2v) is 1.51. The largest absolute Gasteiger partial charge is 0.428 e. The van der Waals surface area contributed by atoms with E-state index < -0.39 is 0 Å². The van der Waals surface area contributed by atoms with Crippen molar-refractivity contribution in [1.82, 2.24) is 0 Å². The molecule has 0 N–H and O–H groups in total. The molecule has 0 fully saturated rings. The number of nitriles is 1. The standard InChI is InChI=1S/C4H7NO.C3H5NO/c1-2-3-6-4-5;1-2-4-3-5/h2-3H2,1H3;2H2,1H3. The second kappa shape index (κ2) is 15.9. The third kappa shape index (κ3) is 28.6. The molecule has 0 amide bonds. The SMILES string of the molecule is CCCOC#N.CCN=C=O. The van der Waals surface area contributed by atoms with E-state index in [0.29, 0.717) is 13.2 Å². The first kappa shape index (κ1) is 12.4. The molecule has 0 rings (SSSR count). The number of rotatable bonds is 3. The van der Waals surface area contributed by atoms with Crippen LogP contribution in [0.3, 0.4) is 0 Å². The van der Waals surface area contributed by atoms with Gasteiger partial charge >= 0.3 is 0 Å². The van der Waals surface area contributed by atoms with Gasteiger partial charge in [-0.1, -0.05) is 6.92 Å². The van der Waals surface area contributed by atoms with Gasteiger partial charge in [0.05, 0.1) is 0 Å². The van der Waals surface area contributed by atoms with Gasteiger partial charge in [0.2, 0.25) is 6.08 Å². The first-order valence-electron chi connectivity index (χ1n) is 3.37. The van der Waals surface area contributed by atoms with Crippen molar-refractivity contribution in [2.24, 2.45) is 4.99 Å². The molecule has 0 unspecified atom stereocenters. The predicted molar refractivity (Wildman–Crippen MR) is 40.5 cm³/mol. The summed E-state index contributed by atoms with van der Waals surface area (Å²) in [6.07, 6.45) is 3.87. The fourth-order valence-corrected chi connectivity index (χ4v) is 0.212. The molecule has 0 heterocycles. The van der Waals surface area contributed by atoms with E-state index in [4.69, 9.17) is 10.1 Å².